The molecule has 1 aliphatic heterocycles. The number of piperazine rings is 1. The highest BCUT2D eigenvalue weighted by Gasteiger charge is 2.31. The Kier molecular flexibility index (Phi) is 12.7. The number of halogens is 4. The van der Waals surface area contributed by atoms with Crippen LogP contribution in [-0.4, -0.2) is 53.2 Å². The van der Waals surface area contributed by atoms with Crippen molar-refractivity contribution < 1.29 is 9.53 Å². The molecule has 1 atom stereocenters. The molecule has 0 saturated carbocycles. The van der Waals surface area contributed by atoms with Gasteiger partial charge >= 0.3 is 0 Å². The summed E-state index contributed by atoms with van der Waals surface area (Å²) in [6, 6.07) is 17.3. The van der Waals surface area contributed by atoms with Gasteiger partial charge in [-0.2, -0.15) is 0 Å². The van der Waals surface area contributed by atoms with Gasteiger partial charge in [0.2, 0.25) is 11.9 Å². The van der Waals surface area contributed by atoms with Crippen LogP contribution in [0.1, 0.15) is 17.5 Å². The van der Waals surface area contributed by atoms with Crippen molar-refractivity contribution in [1.29, 1.82) is 0 Å². The van der Waals surface area contributed by atoms with E-state index in [-0.39, 0.29) is 36.9 Å². The van der Waals surface area contributed by atoms with Crippen LogP contribution in [0.4, 0.5) is 5.95 Å². The Balaban J connectivity index is 0.00000228. The van der Waals surface area contributed by atoms with Gasteiger partial charge in [0.15, 0.2) is 0 Å². The van der Waals surface area contributed by atoms with Crippen LogP contribution >= 0.6 is 48.0 Å². The van der Waals surface area contributed by atoms with E-state index in [0.29, 0.717) is 61.8 Å². The van der Waals surface area contributed by atoms with E-state index in [1.165, 1.54) is 0 Å². The predicted molar refractivity (Wildman–Crippen MR) is 148 cm³/mol. The molecule has 194 valence electrons. The Bertz CT molecular complexity index is 1080. The lowest BCUT2D eigenvalue weighted by molar-refractivity contribution is -0.136. The lowest BCUT2D eigenvalue weighted by Gasteiger charge is -2.42. The second-order valence-corrected chi connectivity index (χ2v) is 8.83. The first kappa shape index (κ1) is 30.1. The highest BCUT2D eigenvalue weighted by atomic mass is 35.5. The van der Waals surface area contributed by atoms with E-state index in [4.69, 9.17) is 27.9 Å². The molecule has 4 rings (SSSR count). The maximum absolute atomic E-state index is 13.1. The fourth-order valence-corrected chi connectivity index (χ4v) is 4.17. The summed E-state index contributed by atoms with van der Waals surface area (Å²) >= 11 is 12.0. The van der Waals surface area contributed by atoms with Crippen LogP contribution in [0.15, 0.2) is 67.0 Å². The molecule has 1 amide bonds. The van der Waals surface area contributed by atoms with Gasteiger partial charge in [-0.25, -0.2) is 9.97 Å². The summed E-state index contributed by atoms with van der Waals surface area (Å²) in [5.41, 5.74) is 2.08. The van der Waals surface area contributed by atoms with E-state index in [9.17, 15) is 4.79 Å². The molecule has 0 bridgehead atoms. The zero-order chi connectivity index (χ0) is 23.8. The molecule has 2 heterocycles. The quantitative estimate of drug-likeness (QED) is 0.364. The minimum absolute atomic E-state index is 0. The molecule has 36 heavy (non-hydrogen) atoms. The number of aromatic nitrogens is 2. The molecule has 1 fully saturated rings. The first-order valence-electron chi connectivity index (χ1n) is 11.2. The standard InChI is InChI=1S/C25H27Cl2N5O2.2ClH/c26-21-8-7-20(15-22(21)27)18-34-14-9-24(33)32-13-12-31(25-28-10-4-11-29-25)17-23(32)30-16-19-5-2-1-3-6-19;;/h1-8,10-11,15,23,30H,9,12-14,16-18H2;2*1H. The number of nitrogens with zero attached hydrogens (tertiary/aromatic N) is 4. The number of carbonyl (C=O) groups excluding carboxylic acids is 1. The SMILES string of the molecule is Cl.Cl.O=C(CCOCc1ccc(Cl)c(Cl)c1)N1CCN(c2ncccn2)CC1NCc1ccccc1. The third kappa shape index (κ3) is 8.47. The number of anilines is 1. The minimum atomic E-state index is -0.166. The van der Waals surface area contributed by atoms with Gasteiger partial charge in [-0.3, -0.25) is 10.1 Å². The number of hydrogen-bond acceptors (Lipinski definition) is 6. The number of ether oxygens (including phenoxy) is 1. The first-order chi connectivity index (χ1) is 16.6. The van der Waals surface area contributed by atoms with Crippen molar-refractivity contribution in [3.63, 3.8) is 0 Å². The Hall–Kier alpha value is -2.13. The number of carbonyl (C=O) groups is 1. The topological polar surface area (TPSA) is 70.6 Å². The summed E-state index contributed by atoms with van der Waals surface area (Å²) in [5.74, 6) is 0.722. The van der Waals surface area contributed by atoms with Crippen molar-refractivity contribution in [3.05, 3.63) is 88.2 Å². The zero-order valence-corrected chi connectivity index (χ0v) is 22.7. The molecule has 1 saturated heterocycles. The van der Waals surface area contributed by atoms with Crippen LogP contribution < -0.4 is 10.2 Å². The third-order valence-corrected chi connectivity index (χ3v) is 6.37. The van der Waals surface area contributed by atoms with Crippen LogP contribution in [-0.2, 0) is 22.7 Å². The Morgan fingerprint density at radius 3 is 2.44 bits per heavy atom. The molecule has 0 radical (unpaired) electrons. The van der Waals surface area contributed by atoms with Crippen molar-refractivity contribution in [2.75, 3.05) is 31.1 Å². The lowest BCUT2D eigenvalue weighted by Crippen LogP contribution is -2.61. The summed E-state index contributed by atoms with van der Waals surface area (Å²) in [6.45, 7) is 3.21. The summed E-state index contributed by atoms with van der Waals surface area (Å²) in [4.78, 5) is 25.8. The van der Waals surface area contributed by atoms with Crippen molar-refractivity contribution in [2.24, 2.45) is 0 Å². The van der Waals surface area contributed by atoms with Crippen molar-refractivity contribution in [3.8, 4) is 0 Å². The second-order valence-electron chi connectivity index (χ2n) is 8.02. The molecule has 11 heteroatoms. The van der Waals surface area contributed by atoms with Crippen LogP contribution in [0.3, 0.4) is 0 Å². The third-order valence-electron chi connectivity index (χ3n) is 5.63. The normalized spacial score (nSPS) is 15.1. The molecule has 3 aromatic rings. The van der Waals surface area contributed by atoms with Gasteiger partial charge in [0.25, 0.3) is 0 Å². The zero-order valence-electron chi connectivity index (χ0n) is 19.6. The Morgan fingerprint density at radius 2 is 1.72 bits per heavy atom. The molecular weight excluding hydrogens is 544 g/mol. The van der Waals surface area contributed by atoms with E-state index in [1.807, 2.05) is 29.2 Å². The average molecular weight is 573 g/mol. The molecule has 2 aromatic carbocycles. The lowest BCUT2D eigenvalue weighted by atomic mass is 10.2. The van der Waals surface area contributed by atoms with Crippen molar-refractivity contribution >= 4 is 59.9 Å². The fraction of sp³-hybridized carbons (Fsp3) is 0.320. The van der Waals surface area contributed by atoms with Gasteiger partial charge in [-0.1, -0.05) is 59.6 Å². The van der Waals surface area contributed by atoms with Crippen molar-refractivity contribution in [2.45, 2.75) is 25.7 Å². The molecule has 7 nitrogen and oxygen atoms in total. The summed E-state index contributed by atoms with van der Waals surface area (Å²) < 4.78 is 5.73. The first-order valence-corrected chi connectivity index (χ1v) is 12.0. The molecule has 0 aliphatic carbocycles. The van der Waals surface area contributed by atoms with Crippen LogP contribution in [0.25, 0.3) is 0 Å². The molecule has 1 aliphatic rings. The summed E-state index contributed by atoms with van der Waals surface area (Å²) in [7, 11) is 0. The fourth-order valence-electron chi connectivity index (χ4n) is 3.85. The van der Waals surface area contributed by atoms with E-state index in [2.05, 4.69) is 32.3 Å². The monoisotopic (exact) mass is 571 g/mol. The second kappa shape index (κ2) is 15.2. The van der Waals surface area contributed by atoms with Gasteiger partial charge in [0.1, 0.15) is 6.17 Å². The molecule has 1 unspecified atom stereocenters. The van der Waals surface area contributed by atoms with Gasteiger partial charge in [0.05, 0.1) is 36.2 Å². The minimum Gasteiger partial charge on any atom is -0.376 e. The molecule has 1 N–H and O–H groups in total. The largest absolute Gasteiger partial charge is 0.376 e. The number of hydrogen-bond donors (Lipinski definition) is 1. The van der Waals surface area contributed by atoms with Crippen LogP contribution in [0.5, 0.6) is 0 Å². The number of rotatable bonds is 9. The maximum Gasteiger partial charge on any atom is 0.226 e. The average Bonchev–Trinajstić information content (AvgIpc) is 2.88. The van der Waals surface area contributed by atoms with Crippen LogP contribution in [0.2, 0.25) is 10.0 Å². The Morgan fingerprint density at radius 1 is 0.972 bits per heavy atom. The summed E-state index contributed by atoms with van der Waals surface area (Å²) in [6.07, 6.45) is 3.60. The molecule has 0 spiro atoms. The number of amides is 1. The predicted octanol–water partition coefficient (Wildman–Crippen LogP) is 5.00. The van der Waals surface area contributed by atoms with E-state index in [0.717, 1.165) is 11.1 Å². The van der Waals surface area contributed by atoms with Crippen LogP contribution in [0, 0.1) is 0 Å². The van der Waals surface area contributed by atoms with Gasteiger partial charge in [0, 0.05) is 32.0 Å². The number of benzene rings is 2. The van der Waals surface area contributed by atoms with Crippen molar-refractivity contribution in [1.82, 2.24) is 20.2 Å². The Labute approximate surface area is 234 Å². The van der Waals surface area contributed by atoms with E-state index < -0.39 is 0 Å². The van der Waals surface area contributed by atoms with Gasteiger partial charge in [-0.05, 0) is 29.3 Å². The van der Waals surface area contributed by atoms with E-state index >= 15 is 0 Å². The number of nitrogens with one attached hydrogen (secondary N) is 1. The van der Waals surface area contributed by atoms with Gasteiger partial charge < -0.3 is 14.5 Å². The maximum atomic E-state index is 13.1. The molecule has 1 aromatic heterocycles. The summed E-state index contributed by atoms with van der Waals surface area (Å²) in [5, 5.41) is 4.54. The van der Waals surface area contributed by atoms with E-state index in [1.54, 1.807) is 30.6 Å². The molecular formula is C25H29Cl4N5O2. The smallest absolute Gasteiger partial charge is 0.226 e. The van der Waals surface area contributed by atoms with Gasteiger partial charge in [-0.15, -0.1) is 24.8 Å². The highest BCUT2D eigenvalue weighted by Crippen LogP contribution is 2.23. The highest BCUT2D eigenvalue weighted by molar-refractivity contribution is 6.42.